The zero-order chi connectivity index (χ0) is 24.3. The smallest absolute Gasteiger partial charge is 0.397 e. The van der Waals surface area contributed by atoms with Crippen LogP contribution in [0.15, 0.2) is 35.2 Å². The number of benzene rings is 2. The van der Waals surface area contributed by atoms with Crippen molar-refractivity contribution in [1.82, 2.24) is 0 Å². The first-order chi connectivity index (χ1) is 15.5. The molecule has 1 saturated carbocycles. The van der Waals surface area contributed by atoms with E-state index >= 15 is 0 Å². The molecule has 0 radical (unpaired) electrons. The van der Waals surface area contributed by atoms with Crippen LogP contribution in [0.5, 0.6) is 17.2 Å². The summed E-state index contributed by atoms with van der Waals surface area (Å²) in [6, 6.07) is 6.93. The molecular weight excluding hydrogens is 470 g/mol. The molecule has 2 aromatic rings. The topological polar surface area (TPSA) is 119 Å². The largest absolute Gasteiger partial charge is 0.507 e. The molecule has 1 fully saturated rings. The number of halogens is 1. The van der Waals surface area contributed by atoms with Crippen LogP contribution in [-0.2, 0) is 24.2 Å². The summed E-state index contributed by atoms with van der Waals surface area (Å²) in [5, 5.41) is 12.7. The van der Waals surface area contributed by atoms with Crippen LogP contribution in [0.2, 0.25) is 5.02 Å². The molecule has 1 aliphatic carbocycles. The zero-order valence-electron chi connectivity index (χ0n) is 18.6. The van der Waals surface area contributed by atoms with Crippen LogP contribution in [0, 0.1) is 12.8 Å². The molecule has 8 nitrogen and oxygen atoms in total. The maximum absolute atomic E-state index is 12.7. The van der Waals surface area contributed by atoms with E-state index in [0.717, 1.165) is 19.3 Å². The van der Waals surface area contributed by atoms with Crippen LogP contribution in [0.1, 0.15) is 38.7 Å². The van der Waals surface area contributed by atoms with Crippen LogP contribution in [0.4, 0.5) is 5.69 Å². The number of sulfone groups is 1. The molecule has 2 aromatic carbocycles. The summed E-state index contributed by atoms with van der Waals surface area (Å²) < 4.78 is 36.2. The molecule has 1 amide bonds. The average Bonchev–Trinajstić information content (AvgIpc) is 2.68. The maximum atomic E-state index is 12.7. The van der Waals surface area contributed by atoms with Crippen molar-refractivity contribution in [3.8, 4) is 17.2 Å². The van der Waals surface area contributed by atoms with Crippen LogP contribution < -0.4 is 10.1 Å². The average molecular weight is 496 g/mol. The molecule has 178 valence electrons. The highest BCUT2D eigenvalue weighted by molar-refractivity contribution is 7.91. The Labute approximate surface area is 197 Å². The molecule has 0 unspecified atom stereocenters. The third-order valence-corrected chi connectivity index (χ3v) is 7.37. The van der Waals surface area contributed by atoms with Gasteiger partial charge in [0.05, 0.1) is 16.9 Å². The van der Waals surface area contributed by atoms with Crippen molar-refractivity contribution in [2.24, 2.45) is 5.92 Å². The first-order valence-corrected chi connectivity index (χ1v) is 12.5. The first kappa shape index (κ1) is 24.9. The molecular formula is C23H26ClNO7S. The second kappa shape index (κ2) is 10.0. The minimum atomic E-state index is -3.68. The van der Waals surface area contributed by atoms with Gasteiger partial charge in [0.25, 0.3) is 0 Å². The van der Waals surface area contributed by atoms with Gasteiger partial charge in [-0.2, -0.15) is 0 Å². The number of carbonyl (C=O) groups is 2. The molecule has 0 aromatic heterocycles. The third-order valence-electron chi connectivity index (χ3n) is 5.18. The number of aryl methyl sites for hydroxylation is 1. The molecule has 0 spiro atoms. The van der Waals surface area contributed by atoms with Gasteiger partial charge in [-0.1, -0.05) is 18.0 Å². The summed E-state index contributed by atoms with van der Waals surface area (Å²) in [6.45, 7) is 4.94. The number of phenolic OH excluding ortho intramolecular Hbond substituents is 1. The lowest BCUT2D eigenvalue weighted by Gasteiger charge is -2.25. The van der Waals surface area contributed by atoms with E-state index in [2.05, 4.69) is 5.32 Å². The lowest BCUT2D eigenvalue weighted by Crippen LogP contribution is -2.27. The lowest BCUT2D eigenvalue weighted by molar-refractivity contribution is -0.155. The number of nitrogens with one attached hydrogen (secondary N) is 1. The van der Waals surface area contributed by atoms with Crippen molar-refractivity contribution in [2.45, 2.75) is 51.0 Å². The number of esters is 1. The van der Waals surface area contributed by atoms with Crippen molar-refractivity contribution in [3.05, 3.63) is 40.9 Å². The Morgan fingerprint density at radius 1 is 1.21 bits per heavy atom. The molecule has 33 heavy (non-hydrogen) atoms. The van der Waals surface area contributed by atoms with E-state index in [0.29, 0.717) is 5.56 Å². The molecule has 1 aliphatic rings. The van der Waals surface area contributed by atoms with Gasteiger partial charge in [0.2, 0.25) is 0 Å². The quantitative estimate of drug-likeness (QED) is 0.425. The van der Waals surface area contributed by atoms with Gasteiger partial charge >= 0.3 is 11.9 Å². The SMILES string of the molecule is Cc1cc(NC(=O)C(=O)OC(C)C)cc(Cl)c1Oc1ccc(O)c(S(=O)(=O)CC2CCC2)c1. The number of rotatable bonds is 7. The minimum absolute atomic E-state index is 0.0164. The summed E-state index contributed by atoms with van der Waals surface area (Å²) in [5.74, 6) is -1.77. The second-order valence-electron chi connectivity index (χ2n) is 8.32. The number of phenols is 1. The van der Waals surface area contributed by atoms with Crippen molar-refractivity contribution in [3.63, 3.8) is 0 Å². The molecule has 0 atom stereocenters. The Balaban J connectivity index is 1.79. The van der Waals surface area contributed by atoms with Crippen LogP contribution >= 0.6 is 11.6 Å². The van der Waals surface area contributed by atoms with E-state index in [-0.39, 0.29) is 44.5 Å². The lowest BCUT2D eigenvalue weighted by atomic mass is 9.87. The predicted molar refractivity (Wildman–Crippen MR) is 124 cm³/mol. The number of ether oxygens (including phenoxy) is 2. The Morgan fingerprint density at radius 3 is 2.48 bits per heavy atom. The third kappa shape index (κ3) is 6.17. The molecule has 0 saturated heterocycles. The van der Waals surface area contributed by atoms with E-state index in [1.54, 1.807) is 26.8 Å². The van der Waals surface area contributed by atoms with E-state index in [4.69, 9.17) is 21.1 Å². The van der Waals surface area contributed by atoms with E-state index in [1.165, 1.54) is 24.3 Å². The Kier molecular flexibility index (Phi) is 7.54. The fourth-order valence-corrected chi connectivity index (χ4v) is 5.49. The fourth-order valence-electron chi connectivity index (χ4n) is 3.37. The first-order valence-electron chi connectivity index (χ1n) is 10.5. The number of anilines is 1. The van der Waals surface area contributed by atoms with Gasteiger partial charge in [-0.05, 0) is 69.4 Å². The van der Waals surface area contributed by atoms with Crippen LogP contribution in [0.3, 0.4) is 0 Å². The standard InChI is InChI=1S/C23H26ClNO7S/c1-13(2)31-23(28)22(27)25-16-9-14(3)21(18(24)10-16)32-17-7-8-19(26)20(11-17)33(29,30)12-15-5-4-6-15/h7-11,13,15,26H,4-6,12H2,1-3H3,(H,25,27). The highest BCUT2D eigenvalue weighted by atomic mass is 35.5. The van der Waals surface area contributed by atoms with E-state index < -0.39 is 27.8 Å². The number of aromatic hydroxyl groups is 1. The van der Waals surface area contributed by atoms with Crippen molar-refractivity contribution < 1.29 is 32.6 Å². The molecule has 10 heteroatoms. The van der Waals surface area contributed by atoms with Gasteiger partial charge in [-0.15, -0.1) is 0 Å². The second-order valence-corrected chi connectivity index (χ2v) is 10.7. The fraction of sp³-hybridized carbons (Fsp3) is 0.391. The Hall–Kier alpha value is -2.78. The molecule has 3 rings (SSSR count). The Morgan fingerprint density at radius 2 is 1.91 bits per heavy atom. The van der Waals surface area contributed by atoms with Crippen molar-refractivity contribution >= 4 is 39.0 Å². The van der Waals surface area contributed by atoms with Gasteiger partial charge in [-0.25, -0.2) is 13.2 Å². The Bertz CT molecular complexity index is 1150. The van der Waals surface area contributed by atoms with Gasteiger partial charge in [0, 0.05) is 11.8 Å². The summed E-state index contributed by atoms with van der Waals surface area (Å²) in [7, 11) is -3.68. The summed E-state index contributed by atoms with van der Waals surface area (Å²) >= 11 is 6.33. The van der Waals surface area contributed by atoms with Crippen LogP contribution in [0.25, 0.3) is 0 Å². The molecule has 0 heterocycles. The molecule has 0 bridgehead atoms. The highest BCUT2D eigenvalue weighted by Crippen LogP contribution is 2.38. The van der Waals surface area contributed by atoms with Crippen molar-refractivity contribution in [2.75, 3.05) is 11.1 Å². The van der Waals surface area contributed by atoms with E-state index in [1.807, 2.05) is 0 Å². The summed E-state index contributed by atoms with van der Waals surface area (Å²) in [4.78, 5) is 23.5. The number of hydrogen-bond donors (Lipinski definition) is 2. The normalized spacial score (nSPS) is 14.0. The zero-order valence-corrected chi connectivity index (χ0v) is 20.1. The monoisotopic (exact) mass is 495 g/mol. The van der Waals surface area contributed by atoms with Gasteiger partial charge in [-0.3, -0.25) is 4.79 Å². The van der Waals surface area contributed by atoms with E-state index in [9.17, 15) is 23.1 Å². The molecule has 2 N–H and O–H groups in total. The number of carbonyl (C=O) groups excluding carboxylic acids is 2. The van der Waals surface area contributed by atoms with Gasteiger partial charge in [0.1, 0.15) is 22.1 Å². The van der Waals surface area contributed by atoms with Crippen LogP contribution in [-0.4, -0.2) is 37.3 Å². The number of hydrogen-bond acceptors (Lipinski definition) is 7. The number of amides is 1. The summed E-state index contributed by atoms with van der Waals surface area (Å²) in [6.07, 6.45) is 2.31. The van der Waals surface area contributed by atoms with Gasteiger partial charge in [0.15, 0.2) is 9.84 Å². The summed E-state index contributed by atoms with van der Waals surface area (Å²) in [5.41, 5.74) is 0.798. The molecule has 0 aliphatic heterocycles. The predicted octanol–water partition coefficient (Wildman–Crippen LogP) is 4.61. The highest BCUT2D eigenvalue weighted by Gasteiger charge is 2.28. The minimum Gasteiger partial charge on any atom is -0.507 e. The van der Waals surface area contributed by atoms with Gasteiger partial charge < -0.3 is 19.9 Å². The van der Waals surface area contributed by atoms with Crippen molar-refractivity contribution in [1.29, 1.82) is 0 Å². The maximum Gasteiger partial charge on any atom is 0.397 e.